The third kappa shape index (κ3) is 18.0. The number of thioether (sulfide) groups is 6. The lowest BCUT2D eigenvalue weighted by Crippen LogP contribution is -1.94. The van der Waals surface area contributed by atoms with Crippen LogP contribution in [0.4, 0.5) is 0 Å². The van der Waals surface area contributed by atoms with Crippen molar-refractivity contribution in [1.29, 1.82) is 0 Å². The SMILES string of the molecule is CCCCCCSc1cc2c3cc(SCCCCCC)c(SCCCCCC)cc3c3cc(SCCCCCC)c(SCCCCCC)cc3c2cc1SCCCCCC. The van der Waals surface area contributed by atoms with Crippen LogP contribution >= 0.6 is 70.6 Å². The largest absolute Gasteiger partial charge is 0.125 e. The number of benzene rings is 4. The van der Waals surface area contributed by atoms with Crippen LogP contribution in [-0.4, -0.2) is 34.5 Å². The van der Waals surface area contributed by atoms with Crippen LogP contribution in [0.25, 0.3) is 32.3 Å². The first kappa shape index (κ1) is 52.4. The van der Waals surface area contributed by atoms with Gasteiger partial charge in [-0.05, 0) is 142 Å². The van der Waals surface area contributed by atoms with E-state index in [1.165, 1.54) is 250 Å². The molecule has 60 heavy (non-hydrogen) atoms. The molecule has 4 aromatic rings. The highest BCUT2D eigenvalue weighted by atomic mass is 32.2. The quantitative estimate of drug-likeness (QED) is 0.0251. The highest BCUT2D eigenvalue weighted by Gasteiger charge is 2.19. The van der Waals surface area contributed by atoms with Gasteiger partial charge in [0.05, 0.1) is 0 Å². The third-order valence-corrected chi connectivity index (χ3v) is 18.9. The fraction of sp³-hybridized carbons (Fsp3) is 0.667. The summed E-state index contributed by atoms with van der Waals surface area (Å²) in [6.07, 6.45) is 31.9. The number of fused-ring (bicyclic) bond motifs is 6. The predicted molar refractivity (Wildman–Crippen MR) is 288 cm³/mol. The second-order valence-corrected chi connectivity index (χ2v) is 23.8. The van der Waals surface area contributed by atoms with E-state index in [-0.39, 0.29) is 0 Å². The monoisotopic (exact) mass is 924 g/mol. The summed E-state index contributed by atoms with van der Waals surface area (Å²) in [6.45, 7) is 14.0. The fourth-order valence-electron chi connectivity index (χ4n) is 7.96. The lowest BCUT2D eigenvalue weighted by molar-refractivity contribution is 0.706. The van der Waals surface area contributed by atoms with Crippen LogP contribution in [0.1, 0.15) is 196 Å². The van der Waals surface area contributed by atoms with Gasteiger partial charge in [0, 0.05) is 29.4 Å². The summed E-state index contributed by atoms with van der Waals surface area (Å²) in [7, 11) is 0. The molecule has 336 valence electrons. The van der Waals surface area contributed by atoms with Gasteiger partial charge >= 0.3 is 0 Å². The summed E-state index contributed by atoms with van der Waals surface area (Å²) < 4.78 is 0. The van der Waals surface area contributed by atoms with Crippen LogP contribution in [-0.2, 0) is 0 Å². The minimum absolute atomic E-state index is 1.22. The maximum absolute atomic E-state index is 2.66. The summed E-state index contributed by atoms with van der Waals surface area (Å²) >= 11 is 12.8. The Labute approximate surface area is 395 Å². The van der Waals surface area contributed by atoms with E-state index in [1.807, 2.05) is 0 Å². The third-order valence-electron chi connectivity index (χ3n) is 11.7. The molecule has 0 radical (unpaired) electrons. The van der Waals surface area contributed by atoms with Crippen LogP contribution in [0.15, 0.2) is 65.8 Å². The second-order valence-electron chi connectivity index (χ2n) is 17.0. The van der Waals surface area contributed by atoms with Crippen LogP contribution in [0.5, 0.6) is 0 Å². The first-order valence-electron chi connectivity index (χ1n) is 24.9. The van der Waals surface area contributed by atoms with Crippen molar-refractivity contribution in [2.24, 2.45) is 0 Å². The molecule has 0 unspecified atom stereocenters. The van der Waals surface area contributed by atoms with Crippen LogP contribution in [0.3, 0.4) is 0 Å². The molecule has 0 saturated heterocycles. The minimum atomic E-state index is 1.22. The van der Waals surface area contributed by atoms with Crippen LogP contribution in [0, 0.1) is 0 Å². The van der Waals surface area contributed by atoms with Gasteiger partial charge in [0.15, 0.2) is 0 Å². The Morgan fingerprint density at radius 2 is 0.367 bits per heavy atom. The van der Waals surface area contributed by atoms with Crippen molar-refractivity contribution in [1.82, 2.24) is 0 Å². The lowest BCUT2D eigenvalue weighted by atomic mass is 9.94. The van der Waals surface area contributed by atoms with Gasteiger partial charge in [-0.2, -0.15) is 0 Å². The van der Waals surface area contributed by atoms with E-state index in [2.05, 4.69) is 149 Å². The van der Waals surface area contributed by atoms with Crippen LogP contribution < -0.4 is 0 Å². The van der Waals surface area contributed by atoms with Crippen molar-refractivity contribution >= 4 is 103 Å². The summed E-state index contributed by atoms with van der Waals surface area (Å²) in [6, 6.07) is 16.0. The molecule has 0 nitrogen and oxygen atoms in total. The maximum Gasteiger partial charge on any atom is 0.0215 e. The molecule has 0 saturated carbocycles. The normalized spacial score (nSPS) is 11.9. The Bertz CT molecular complexity index is 1400. The molecule has 0 heterocycles. The van der Waals surface area contributed by atoms with Gasteiger partial charge in [-0.1, -0.05) is 157 Å². The van der Waals surface area contributed by atoms with E-state index in [9.17, 15) is 0 Å². The van der Waals surface area contributed by atoms with Gasteiger partial charge in [0.25, 0.3) is 0 Å². The molecule has 0 spiro atoms. The van der Waals surface area contributed by atoms with Gasteiger partial charge in [0.2, 0.25) is 0 Å². The Hall–Kier alpha value is -0.240. The van der Waals surface area contributed by atoms with Crippen molar-refractivity contribution in [3.8, 4) is 0 Å². The molecular weight excluding hydrogens is 841 g/mol. The minimum Gasteiger partial charge on any atom is -0.125 e. The molecule has 0 bridgehead atoms. The number of hydrogen-bond donors (Lipinski definition) is 0. The van der Waals surface area contributed by atoms with Crippen molar-refractivity contribution < 1.29 is 0 Å². The highest BCUT2D eigenvalue weighted by molar-refractivity contribution is 8.03. The number of rotatable bonds is 36. The lowest BCUT2D eigenvalue weighted by Gasteiger charge is -2.20. The van der Waals surface area contributed by atoms with Crippen molar-refractivity contribution in [2.75, 3.05) is 34.5 Å². The topological polar surface area (TPSA) is 0 Å². The molecule has 0 atom stereocenters. The van der Waals surface area contributed by atoms with E-state index in [0.29, 0.717) is 0 Å². The summed E-state index contributed by atoms with van der Waals surface area (Å²) in [5, 5.41) is 8.89. The molecule has 6 heteroatoms. The molecule has 0 aliphatic heterocycles. The van der Waals surface area contributed by atoms with E-state index in [1.54, 1.807) is 0 Å². The van der Waals surface area contributed by atoms with Crippen LogP contribution in [0.2, 0.25) is 0 Å². The molecule has 0 fully saturated rings. The molecule has 0 amide bonds. The number of hydrogen-bond acceptors (Lipinski definition) is 6. The summed E-state index contributed by atoms with van der Waals surface area (Å²) in [4.78, 5) is 9.13. The number of unbranched alkanes of at least 4 members (excludes halogenated alkanes) is 18. The Kier molecular flexibility index (Phi) is 28.3. The molecule has 0 aliphatic rings. The molecule has 4 aromatic carbocycles. The Morgan fingerprint density at radius 3 is 0.500 bits per heavy atom. The summed E-state index contributed by atoms with van der Waals surface area (Å²) in [5.74, 6) is 7.31. The average Bonchev–Trinajstić information content (AvgIpc) is 3.26. The zero-order chi connectivity index (χ0) is 42.6. The highest BCUT2D eigenvalue weighted by Crippen LogP contribution is 2.47. The predicted octanol–water partition coefficient (Wildman–Crippen LogP) is 21.2. The van der Waals surface area contributed by atoms with Crippen molar-refractivity contribution in [3.63, 3.8) is 0 Å². The molecule has 0 N–H and O–H groups in total. The van der Waals surface area contributed by atoms with Gasteiger partial charge in [-0.25, -0.2) is 0 Å². The van der Waals surface area contributed by atoms with Crippen molar-refractivity contribution in [3.05, 3.63) is 36.4 Å². The van der Waals surface area contributed by atoms with E-state index < -0.39 is 0 Å². The first-order chi connectivity index (χ1) is 29.6. The molecule has 4 rings (SSSR count). The first-order valence-corrected chi connectivity index (χ1v) is 30.8. The van der Waals surface area contributed by atoms with E-state index in [4.69, 9.17) is 0 Å². The van der Waals surface area contributed by atoms with Gasteiger partial charge in [-0.15, -0.1) is 70.6 Å². The zero-order valence-electron chi connectivity index (χ0n) is 39.1. The molecule has 0 aliphatic carbocycles. The second kappa shape index (κ2) is 32.4. The Morgan fingerprint density at radius 1 is 0.217 bits per heavy atom. The maximum atomic E-state index is 2.66. The van der Waals surface area contributed by atoms with Crippen molar-refractivity contribution in [2.45, 2.75) is 225 Å². The average molecular weight is 926 g/mol. The molecular formula is C54H84S6. The van der Waals surface area contributed by atoms with Gasteiger partial charge < -0.3 is 0 Å². The van der Waals surface area contributed by atoms with E-state index >= 15 is 0 Å². The van der Waals surface area contributed by atoms with Gasteiger partial charge in [0.1, 0.15) is 0 Å². The smallest absolute Gasteiger partial charge is 0.0215 e. The fourth-order valence-corrected chi connectivity index (χ4v) is 14.8. The summed E-state index contributed by atoms with van der Waals surface area (Å²) in [5.41, 5.74) is 0. The zero-order valence-corrected chi connectivity index (χ0v) is 44.0. The standard InChI is InChI=1S/C54H84S6/c1-7-13-19-25-31-55-49-37-43-44(38-50(49)56-32-26-20-14-8-2)46-40-52(58-34-28-22-16-10-4)54(60-36-30-24-18-12-6)42-48(46)47-41-53(59-35-29-23-17-11-5)51(39-45(43)47)57-33-27-21-15-9-3/h37-42H,7-36H2,1-6H3. The van der Waals surface area contributed by atoms with E-state index in [0.717, 1.165) is 0 Å². The molecule has 0 aromatic heterocycles. The van der Waals surface area contributed by atoms with Gasteiger partial charge in [-0.3, -0.25) is 0 Å². The Balaban J connectivity index is 1.95.